The lowest BCUT2D eigenvalue weighted by Crippen LogP contribution is -2.37. The molecule has 0 aromatic heterocycles. The highest BCUT2D eigenvalue weighted by Crippen LogP contribution is 2.20. The molecule has 1 fully saturated rings. The zero-order valence-electron chi connectivity index (χ0n) is 15.0. The highest BCUT2D eigenvalue weighted by molar-refractivity contribution is 7.89. The van der Waals surface area contributed by atoms with Crippen LogP contribution in [0.25, 0.3) is 0 Å². The molecule has 1 aromatic carbocycles. The molecule has 1 aliphatic heterocycles. The minimum atomic E-state index is -3.48. The summed E-state index contributed by atoms with van der Waals surface area (Å²) in [4.78, 5) is 23.3. The second-order valence-corrected chi connectivity index (χ2v) is 8.56. The summed E-state index contributed by atoms with van der Waals surface area (Å²) in [5, 5.41) is 6.51. The van der Waals surface area contributed by atoms with Gasteiger partial charge in [0.25, 0.3) is 5.91 Å². The van der Waals surface area contributed by atoms with Crippen LogP contribution < -0.4 is 15.5 Å². The quantitative estimate of drug-likeness (QED) is 0.637. The van der Waals surface area contributed by atoms with Crippen LogP contribution in [0.1, 0.15) is 44.1 Å². The summed E-state index contributed by atoms with van der Waals surface area (Å²) < 4.78 is 27.5. The second kappa shape index (κ2) is 8.62. The number of hydrogen-bond acceptors (Lipinski definition) is 5. The first-order valence-electron chi connectivity index (χ1n) is 9.19. The van der Waals surface area contributed by atoms with Crippen molar-refractivity contribution in [3.63, 3.8) is 0 Å². The molecule has 0 bridgehead atoms. The summed E-state index contributed by atoms with van der Waals surface area (Å²) in [5.41, 5.74) is 3.53. The molecule has 0 radical (unpaired) electrons. The Balaban J connectivity index is 1.49. The normalized spacial score (nSPS) is 18.1. The van der Waals surface area contributed by atoms with Crippen molar-refractivity contribution >= 4 is 27.5 Å². The van der Waals surface area contributed by atoms with Crippen LogP contribution in [0.3, 0.4) is 0 Å². The van der Waals surface area contributed by atoms with Crippen molar-refractivity contribution in [1.29, 1.82) is 0 Å². The molecule has 9 heteroatoms. The molecule has 8 nitrogen and oxygen atoms in total. The Hall–Kier alpha value is -2.26. The Kier molecular flexibility index (Phi) is 6.22. The molecule has 2 amide bonds. The Bertz CT molecular complexity index is 827. The lowest BCUT2D eigenvalue weighted by atomic mass is 10.1. The molecule has 1 aliphatic carbocycles. The van der Waals surface area contributed by atoms with Crippen molar-refractivity contribution in [3.8, 4) is 0 Å². The maximum absolute atomic E-state index is 12.4. The molecule has 1 saturated carbocycles. The van der Waals surface area contributed by atoms with Crippen LogP contribution in [-0.4, -0.2) is 38.5 Å². The van der Waals surface area contributed by atoms with Crippen LogP contribution in [0.5, 0.6) is 0 Å². The van der Waals surface area contributed by atoms with E-state index in [1.807, 2.05) is 0 Å². The van der Waals surface area contributed by atoms with Gasteiger partial charge < -0.3 is 5.32 Å². The van der Waals surface area contributed by atoms with E-state index in [9.17, 15) is 18.0 Å². The molecule has 146 valence electrons. The van der Waals surface area contributed by atoms with Gasteiger partial charge in [-0.1, -0.05) is 25.0 Å². The standard InChI is InChI=1S/C18H24N4O4S/c23-17-10-9-16(20-21-17)18(24)19-12-11-13-5-7-15(8-6-13)27(25,26)22-14-3-1-2-4-14/h5-8,14,22H,1-4,9-12H2,(H,19,24)(H,21,23). The van der Waals surface area contributed by atoms with Crippen LogP contribution in [0.15, 0.2) is 34.3 Å². The van der Waals surface area contributed by atoms with Crippen molar-refractivity contribution in [2.24, 2.45) is 5.10 Å². The average Bonchev–Trinajstić information content (AvgIpc) is 3.15. The van der Waals surface area contributed by atoms with E-state index in [1.54, 1.807) is 24.3 Å². The highest BCUT2D eigenvalue weighted by atomic mass is 32.2. The van der Waals surface area contributed by atoms with E-state index in [-0.39, 0.29) is 29.2 Å². The first-order chi connectivity index (χ1) is 12.9. The Labute approximate surface area is 158 Å². The third-order valence-electron chi connectivity index (χ3n) is 4.78. The molecule has 0 spiro atoms. The van der Waals surface area contributed by atoms with E-state index in [0.29, 0.717) is 25.1 Å². The Morgan fingerprint density at radius 1 is 1.15 bits per heavy atom. The van der Waals surface area contributed by atoms with Gasteiger partial charge in [-0.15, -0.1) is 0 Å². The van der Waals surface area contributed by atoms with Gasteiger partial charge in [-0.2, -0.15) is 5.10 Å². The molecule has 1 aromatic rings. The van der Waals surface area contributed by atoms with Gasteiger partial charge in [0.1, 0.15) is 5.71 Å². The fraction of sp³-hybridized carbons (Fsp3) is 0.500. The number of rotatable bonds is 7. The predicted octanol–water partition coefficient (Wildman–Crippen LogP) is 0.832. The van der Waals surface area contributed by atoms with E-state index >= 15 is 0 Å². The van der Waals surface area contributed by atoms with E-state index in [4.69, 9.17) is 0 Å². The van der Waals surface area contributed by atoms with Gasteiger partial charge in [-0.25, -0.2) is 18.6 Å². The number of nitrogens with zero attached hydrogens (tertiary/aromatic N) is 1. The molecular formula is C18H24N4O4S. The number of carbonyl (C=O) groups is 2. The zero-order chi connectivity index (χ0) is 19.3. The Morgan fingerprint density at radius 3 is 2.48 bits per heavy atom. The van der Waals surface area contributed by atoms with E-state index in [2.05, 4.69) is 20.6 Å². The SMILES string of the molecule is O=C1CCC(C(=O)NCCc2ccc(S(=O)(=O)NC3CCCC3)cc2)=NN1. The fourth-order valence-electron chi connectivity index (χ4n) is 3.23. The lowest BCUT2D eigenvalue weighted by molar-refractivity contribution is -0.121. The maximum Gasteiger partial charge on any atom is 0.267 e. The number of hydrogen-bond donors (Lipinski definition) is 3. The van der Waals surface area contributed by atoms with E-state index in [0.717, 1.165) is 31.2 Å². The van der Waals surface area contributed by atoms with Crippen LogP contribution in [0.2, 0.25) is 0 Å². The van der Waals surface area contributed by atoms with Crippen LogP contribution >= 0.6 is 0 Å². The number of sulfonamides is 1. The summed E-state index contributed by atoms with van der Waals surface area (Å²) in [5.74, 6) is -0.487. The smallest absolute Gasteiger partial charge is 0.267 e. The summed E-state index contributed by atoms with van der Waals surface area (Å²) >= 11 is 0. The Morgan fingerprint density at radius 2 is 1.85 bits per heavy atom. The van der Waals surface area contributed by atoms with E-state index < -0.39 is 10.0 Å². The minimum Gasteiger partial charge on any atom is -0.351 e. The summed E-state index contributed by atoms with van der Waals surface area (Å²) in [6.07, 6.45) is 5.09. The lowest BCUT2D eigenvalue weighted by Gasteiger charge is -2.13. The predicted molar refractivity (Wildman–Crippen MR) is 101 cm³/mol. The van der Waals surface area contributed by atoms with Gasteiger partial charge in [0.2, 0.25) is 15.9 Å². The molecule has 1 heterocycles. The van der Waals surface area contributed by atoms with Gasteiger partial charge >= 0.3 is 0 Å². The van der Waals surface area contributed by atoms with Crippen molar-refractivity contribution in [2.75, 3.05) is 6.54 Å². The molecular weight excluding hydrogens is 368 g/mol. The summed E-state index contributed by atoms with van der Waals surface area (Å²) in [7, 11) is -3.48. The third kappa shape index (κ3) is 5.36. The largest absolute Gasteiger partial charge is 0.351 e. The highest BCUT2D eigenvalue weighted by Gasteiger charge is 2.22. The summed E-state index contributed by atoms with van der Waals surface area (Å²) in [6, 6.07) is 6.74. The zero-order valence-corrected chi connectivity index (χ0v) is 15.8. The van der Waals surface area contributed by atoms with Crippen LogP contribution in [-0.2, 0) is 26.0 Å². The van der Waals surface area contributed by atoms with Gasteiger partial charge in [0, 0.05) is 25.4 Å². The molecule has 3 rings (SSSR count). The molecule has 3 N–H and O–H groups in total. The summed E-state index contributed by atoms with van der Waals surface area (Å²) in [6.45, 7) is 0.401. The first-order valence-corrected chi connectivity index (χ1v) is 10.7. The third-order valence-corrected chi connectivity index (χ3v) is 6.31. The second-order valence-electron chi connectivity index (χ2n) is 6.85. The number of hydrazone groups is 1. The van der Waals surface area contributed by atoms with Gasteiger partial charge in [-0.05, 0) is 37.0 Å². The maximum atomic E-state index is 12.4. The topological polar surface area (TPSA) is 117 Å². The van der Waals surface area contributed by atoms with Crippen molar-refractivity contribution in [1.82, 2.24) is 15.5 Å². The number of carbonyl (C=O) groups excluding carboxylic acids is 2. The van der Waals surface area contributed by atoms with E-state index in [1.165, 1.54) is 0 Å². The van der Waals surface area contributed by atoms with Crippen LogP contribution in [0.4, 0.5) is 0 Å². The molecule has 2 aliphatic rings. The van der Waals surface area contributed by atoms with Gasteiger partial charge in [-0.3, -0.25) is 9.59 Å². The number of nitrogens with one attached hydrogen (secondary N) is 3. The minimum absolute atomic E-state index is 0.0392. The van der Waals surface area contributed by atoms with Gasteiger partial charge in [0.05, 0.1) is 4.90 Å². The van der Waals surface area contributed by atoms with Crippen molar-refractivity contribution < 1.29 is 18.0 Å². The molecule has 27 heavy (non-hydrogen) atoms. The monoisotopic (exact) mass is 392 g/mol. The fourth-order valence-corrected chi connectivity index (χ4v) is 4.53. The molecule has 0 unspecified atom stereocenters. The molecule has 0 atom stereocenters. The number of amides is 2. The van der Waals surface area contributed by atoms with Crippen molar-refractivity contribution in [3.05, 3.63) is 29.8 Å². The number of benzene rings is 1. The van der Waals surface area contributed by atoms with Gasteiger partial charge in [0.15, 0.2) is 0 Å². The molecule has 0 saturated heterocycles. The van der Waals surface area contributed by atoms with Crippen LogP contribution in [0, 0.1) is 0 Å². The first kappa shape index (κ1) is 19.5. The average molecular weight is 392 g/mol. The van der Waals surface area contributed by atoms with Crippen molar-refractivity contribution in [2.45, 2.75) is 55.9 Å².